The van der Waals surface area contributed by atoms with Crippen LogP contribution in [-0.2, 0) is 0 Å². The third kappa shape index (κ3) is 4.03. The predicted molar refractivity (Wildman–Crippen MR) is 97.7 cm³/mol. The van der Waals surface area contributed by atoms with Crippen LogP contribution >= 0.6 is 45.8 Å². The third-order valence-corrected chi connectivity index (χ3v) is 5.10. The second-order valence-corrected chi connectivity index (χ2v) is 6.53. The van der Waals surface area contributed by atoms with Crippen molar-refractivity contribution < 1.29 is 4.74 Å². The molecule has 0 saturated carbocycles. The highest BCUT2D eigenvalue weighted by molar-refractivity contribution is 14.1. The lowest BCUT2D eigenvalue weighted by Gasteiger charge is -2.21. The van der Waals surface area contributed by atoms with Crippen LogP contribution in [0.4, 0.5) is 0 Å². The summed E-state index contributed by atoms with van der Waals surface area (Å²) in [5.74, 6) is 0.750. The SMILES string of the molecule is CCNC(c1ccc(I)c(Cl)c1)c1ccc(OC)cc1Cl. The molecule has 1 unspecified atom stereocenters. The van der Waals surface area contributed by atoms with E-state index in [-0.39, 0.29) is 6.04 Å². The number of benzene rings is 2. The number of halogens is 3. The van der Waals surface area contributed by atoms with Gasteiger partial charge in [-0.15, -0.1) is 0 Å². The van der Waals surface area contributed by atoms with Crippen molar-refractivity contribution in [3.63, 3.8) is 0 Å². The normalized spacial score (nSPS) is 12.2. The maximum Gasteiger partial charge on any atom is 0.120 e. The summed E-state index contributed by atoms with van der Waals surface area (Å²) in [5.41, 5.74) is 2.10. The molecule has 0 aliphatic heterocycles. The third-order valence-electron chi connectivity index (χ3n) is 3.20. The second-order valence-electron chi connectivity index (χ2n) is 4.55. The number of hydrogen-bond acceptors (Lipinski definition) is 2. The van der Waals surface area contributed by atoms with Gasteiger partial charge in [0, 0.05) is 8.59 Å². The fourth-order valence-corrected chi connectivity index (χ4v) is 2.98. The van der Waals surface area contributed by atoms with Gasteiger partial charge in [0.25, 0.3) is 0 Å². The van der Waals surface area contributed by atoms with Gasteiger partial charge < -0.3 is 10.1 Å². The molecule has 0 amide bonds. The first-order chi connectivity index (χ1) is 10.1. The Labute approximate surface area is 148 Å². The van der Waals surface area contributed by atoms with E-state index < -0.39 is 0 Å². The van der Waals surface area contributed by atoms with Crippen molar-refractivity contribution in [3.05, 3.63) is 61.1 Å². The standard InChI is InChI=1S/C16H16Cl2INO/c1-3-20-16(10-4-7-15(19)14(18)8-10)12-6-5-11(21-2)9-13(12)17/h4-9,16,20H,3H2,1-2H3. The summed E-state index contributed by atoms with van der Waals surface area (Å²) in [6.07, 6.45) is 0. The Bertz CT molecular complexity index is 634. The first-order valence-corrected chi connectivity index (χ1v) is 8.42. The Morgan fingerprint density at radius 1 is 1.14 bits per heavy atom. The van der Waals surface area contributed by atoms with E-state index in [1.165, 1.54) is 0 Å². The van der Waals surface area contributed by atoms with Crippen molar-refractivity contribution in [3.8, 4) is 5.75 Å². The quantitative estimate of drug-likeness (QED) is 0.643. The first kappa shape index (κ1) is 16.9. The molecule has 0 aliphatic rings. The lowest BCUT2D eigenvalue weighted by atomic mass is 9.98. The molecule has 0 saturated heterocycles. The molecule has 0 radical (unpaired) electrons. The van der Waals surface area contributed by atoms with Gasteiger partial charge in [-0.1, -0.05) is 42.3 Å². The van der Waals surface area contributed by atoms with Crippen LogP contribution in [0.3, 0.4) is 0 Å². The molecule has 2 nitrogen and oxygen atoms in total. The van der Waals surface area contributed by atoms with Crippen LogP contribution in [0.15, 0.2) is 36.4 Å². The molecule has 0 bridgehead atoms. The Kier molecular flexibility index (Phi) is 6.17. The highest BCUT2D eigenvalue weighted by Crippen LogP contribution is 2.33. The molecule has 0 heterocycles. The van der Waals surface area contributed by atoms with Crippen molar-refractivity contribution in [1.29, 1.82) is 0 Å². The van der Waals surface area contributed by atoms with Gasteiger partial charge in [0.1, 0.15) is 5.75 Å². The van der Waals surface area contributed by atoms with Crippen LogP contribution in [0.5, 0.6) is 5.75 Å². The first-order valence-electron chi connectivity index (χ1n) is 6.58. The molecule has 2 aromatic rings. The molecule has 1 atom stereocenters. The van der Waals surface area contributed by atoms with Crippen LogP contribution in [0.2, 0.25) is 10.0 Å². The molecular weight excluding hydrogens is 420 g/mol. The van der Waals surface area contributed by atoms with Crippen molar-refractivity contribution >= 4 is 45.8 Å². The fourth-order valence-electron chi connectivity index (χ4n) is 2.17. The number of ether oxygens (including phenoxy) is 1. The molecule has 0 fully saturated rings. The molecule has 21 heavy (non-hydrogen) atoms. The number of nitrogens with one attached hydrogen (secondary N) is 1. The number of rotatable bonds is 5. The van der Waals surface area contributed by atoms with E-state index in [0.717, 1.165) is 32.0 Å². The van der Waals surface area contributed by atoms with E-state index >= 15 is 0 Å². The lowest BCUT2D eigenvalue weighted by molar-refractivity contribution is 0.414. The Hall–Kier alpha value is -0.490. The molecule has 0 spiro atoms. The van der Waals surface area contributed by atoms with Gasteiger partial charge in [0.2, 0.25) is 0 Å². The monoisotopic (exact) mass is 435 g/mol. The molecule has 0 aliphatic carbocycles. The average molecular weight is 436 g/mol. The lowest BCUT2D eigenvalue weighted by Crippen LogP contribution is -2.22. The molecule has 5 heteroatoms. The molecule has 112 valence electrons. The van der Waals surface area contributed by atoms with Crippen molar-refractivity contribution in [2.45, 2.75) is 13.0 Å². The van der Waals surface area contributed by atoms with Gasteiger partial charge in [0.15, 0.2) is 0 Å². The Morgan fingerprint density at radius 3 is 2.48 bits per heavy atom. The summed E-state index contributed by atoms with van der Waals surface area (Å²) in [6.45, 7) is 2.90. The van der Waals surface area contributed by atoms with Gasteiger partial charge in [-0.05, 0) is 64.5 Å². The van der Waals surface area contributed by atoms with E-state index in [1.54, 1.807) is 7.11 Å². The van der Waals surface area contributed by atoms with Gasteiger partial charge >= 0.3 is 0 Å². The van der Waals surface area contributed by atoms with E-state index in [0.29, 0.717) is 5.02 Å². The highest BCUT2D eigenvalue weighted by atomic mass is 127. The smallest absolute Gasteiger partial charge is 0.120 e. The van der Waals surface area contributed by atoms with Crippen molar-refractivity contribution in [2.24, 2.45) is 0 Å². The van der Waals surface area contributed by atoms with Crippen molar-refractivity contribution in [1.82, 2.24) is 5.32 Å². The minimum Gasteiger partial charge on any atom is -0.497 e. The molecule has 2 aromatic carbocycles. The number of methoxy groups -OCH3 is 1. The Morgan fingerprint density at radius 2 is 1.90 bits per heavy atom. The summed E-state index contributed by atoms with van der Waals surface area (Å²) in [6, 6.07) is 11.8. The fraction of sp³-hybridized carbons (Fsp3) is 0.250. The van der Waals surface area contributed by atoms with Crippen LogP contribution in [0.1, 0.15) is 24.1 Å². The highest BCUT2D eigenvalue weighted by Gasteiger charge is 2.17. The minimum absolute atomic E-state index is 0.00269. The van der Waals surface area contributed by atoms with Crippen LogP contribution in [0, 0.1) is 3.57 Å². The zero-order chi connectivity index (χ0) is 15.4. The van der Waals surface area contributed by atoms with Gasteiger partial charge in [-0.3, -0.25) is 0 Å². The predicted octanol–water partition coefficient (Wildman–Crippen LogP) is 5.31. The summed E-state index contributed by atoms with van der Waals surface area (Å²) < 4.78 is 6.24. The molecular formula is C16H16Cl2INO. The van der Waals surface area contributed by atoms with E-state index in [2.05, 4.69) is 40.9 Å². The molecule has 1 N–H and O–H groups in total. The zero-order valence-corrected chi connectivity index (χ0v) is 15.5. The maximum atomic E-state index is 6.41. The zero-order valence-electron chi connectivity index (χ0n) is 11.8. The largest absolute Gasteiger partial charge is 0.497 e. The summed E-state index contributed by atoms with van der Waals surface area (Å²) >= 11 is 14.9. The van der Waals surface area contributed by atoms with Gasteiger partial charge in [-0.2, -0.15) is 0 Å². The summed E-state index contributed by atoms with van der Waals surface area (Å²) in [5, 5.41) is 4.88. The number of hydrogen-bond donors (Lipinski definition) is 1. The molecule has 0 aromatic heterocycles. The topological polar surface area (TPSA) is 21.3 Å². The van der Waals surface area contributed by atoms with E-state index in [1.807, 2.05) is 30.3 Å². The summed E-state index contributed by atoms with van der Waals surface area (Å²) in [7, 11) is 1.63. The van der Waals surface area contributed by atoms with E-state index in [9.17, 15) is 0 Å². The van der Waals surface area contributed by atoms with Crippen LogP contribution < -0.4 is 10.1 Å². The second kappa shape index (κ2) is 7.68. The van der Waals surface area contributed by atoms with E-state index in [4.69, 9.17) is 27.9 Å². The van der Waals surface area contributed by atoms with Crippen LogP contribution in [-0.4, -0.2) is 13.7 Å². The average Bonchev–Trinajstić information content (AvgIpc) is 2.48. The van der Waals surface area contributed by atoms with Crippen LogP contribution in [0.25, 0.3) is 0 Å². The maximum absolute atomic E-state index is 6.41. The van der Waals surface area contributed by atoms with Gasteiger partial charge in [0.05, 0.1) is 18.2 Å². The van der Waals surface area contributed by atoms with Crippen molar-refractivity contribution in [2.75, 3.05) is 13.7 Å². The van der Waals surface area contributed by atoms with Gasteiger partial charge in [-0.25, -0.2) is 0 Å². The molecule has 2 rings (SSSR count). The minimum atomic E-state index is 0.00269. The Balaban J connectivity index is 2.45. The summed E-state index contributed by atoms with van der Waals surface area (Å²) in [4.78, 5) is 0.